The standard InChI is InChI=1S/C19H29N3O3/c1-20(2)19(24)16-8-10-22(11-9-16)14-18(23)21(3)13-15-6-5-7-17(12-15)25-4/h5-7,12,16H,8-11,13-14H2,1-4H3. The maximum absolute atomic E-state index is 12.5. The van der Waals surface area contributed by atoms with Crippen LogP contribution in [0.1, 0.15) is 18.4 Å². The lowest BCUT2D eigenvalue weighted by atomic mass is 9.95. The van der Waals surface area contributed by atoms with Gasteiger partial charge in [-0.1, -0.05) is 12.1 Å². The molecular formula is C19H29N3O3. The lowest BCUT2D eigenvalue weighted by Gasteiger charge is -2.32. The van der Waals surface area contributed by atoms with Crippen LogP contribution in [-0.2, 0) is 16.1 Å². The third-order valence-electron chi connectivity index (χ3n) is 4.72. The molecule has 6 heteroatoms. The first-order chi connectivity index (χ1) is 11.9. The molecule has 0 unspecified atom stereocenters. The Labute approximate surface area is 150 Å². The molecule has 0 saturated carbocycles. The molecule has 1 aromatic rings. The van der Waals surface area contributed by atoms with E-state index in [9.17, 15) is 9.59 Å². The number of hydrogen-bond donors (Lipinski definition) is 0. The number of likely N-dealkylation sites (tertiary alicyclic amines) is 1. The van der Waals surface area contributed by atoms with Gasteiger partial charge in [0, 0.05) is 33.6 Å². The number of carbonyl (C=O) groups excluding carboxylic acids is 2. The summed E-state index contributed by atoms with van der Waals surface area (Å²) < 4.78 is 5.22. The van der Waals surface area contributed by atoms with Crippen molar-refractivity contribution in [1.29, 1.82) is 0 Å². The fourth-order valence-corrected chi connectivity index (χ4v) is 3.15. The molecule has 0 bridgehead atoms. The summed E-state index contributed by atoms with van der Waals surface area (Å²) in [6.07, 6.45) is 1.65. The first kappa shape index (κ1) is 19.2. The quantitative estimate of drug-likeness (QED) is 0.782. The van der Waals surface area contributed by atoms with Gasteiger partial charge in [-0.15, -0.1) is 0 Å². The highest BCUT2D eigenvalue weighted by molar-refractivity contribution is 5.79. The second kappa shape index (κ2) is 8.85. The molecule has 1 aliphatic rings. The Hall–Kier alpha value is -2.08. The van der Waals surface area contributed by atoms with Crippen molar-refractivity contribution in [2.24, 2.45) is 5.92 Å². The van der Waals surface area contributed by atoms with Crippen LogP contribution >= 0.6 is 0 Å². The third kappa shape index (κ3) is 5.46. The Morgan fingerprint density at radius 1 is 1.20 bits per heavy atom. The third-order valence-corrected chi connectivity index (χ3v) is 4.72. The Kier molecular flexibility index (Phi) is 6.82. The predicted octanol–water partition coefficient (Wildman–Crippen LogP) is 1.45. The monoisotopic (exact) mass is 347 g/mol. The molecule has 6 nitrogen and oxygen atoms in total. The second-order valence-corrected chi connectivity index (χ2v) is 6.88. The van der Waals surface area contributed by atoms with E-state index in [2.05, 4.69) is 4.90 Å². The van der Waals surface area contributed by atoms with E-state index >= 15 is 0 Å². The van der Waals surface area contributed by atoms with E-state index in [1.807, 2.05) is 31.3 Å². The van der Waals surface area contributed by atoms with E-state index in [1.165, 1.54) is 0 Å². The zero-order chi connectivity index (χ0) is 18.4. The number of ether oxygens (including phenoxy) is 1. The number of rotatable bonds is 6. The summed E-state index contributed by atoms with van der Waals surface area (Å²) in [6.45, 7) is 2.56. The number of carbonyl (C=O) groups is 2. The minimum Gasteiger partial charge on any atom is -0.497 e. The predicted molar refractivity (Wildman–Crippen MR) is 97.3 cm³/mol. The van der Waals surface area contributed by atoms with Crippen molar-refractivity contribution in [2.75, 3.05) is 47.9 Å². The SMILES string of the molecule is COc1cccc(CN(C)C(=O)CN2CCC(C(=O)N(C)C)CC2)c1. The van der Waals surface area contributed by atoms with Crippen molar-refractivity contribution in [3.8, 4) is 5.75 Å². The van der Waals surface area contributed by atoms with Gasteiger partial charge in [0.15, 0.2) is 0 Å². The molecule has 0 N–H and O–H groups in total. The molecule has 0 aromatic heterocycles. The smallest absolute Gasteiger partial charge is 0.236 e. The first-order valence-corrected chi connectivity index (χ1v) is 8.71. The van der Waals surface area contributed by atoms with Crippen molar-refractivity contribution in [3.05, 3.63) is 29.8 Å². The van der Waals surface area contributed by atoms with Crippen molar-refractivity contribution in [1.82, 2.24) is 14.7 Å². The van der Waals surface area contributed by atoms with Gasteiger partial charge in [0.25, 0.3) is 0 Å². The minimum absolute atomic E-state index is 0.0934. The highest BCUT2D eigenvalue weighted by atomic mass is 16.5. The van der Waals surface area contributed by atoms with Crippen LogP contribution in [0.15, 0.2) is 24.3 Å². The maximum Gasteiger partial charge on any atom is 0.236 e. The van der Waals surface area contributed by atoms with Crippen LogP contribution in [0.25, 0.3) is 0 Å². The van der Waals surface area contributed by atoms with Crippen molar-refractivity contribution in [2.45, 2.75) is 19.4 Å². The van der Waals surface area contributed by atoms with Crippen LogP contribution < -0.4 is 4.74 Å². The molecule has 25 heavy (non-hydrogen) atoms. The summed E-state index contributed by atoms with van der Waals surface area (Å²) >= 11 is 0. The zero-order valence-electron chi connectivity index (χ0n) is 15.7. The highest BCUT2D eigenvalue weighted by Crippen LogP contribution is 2.19. The second-order valence-electron chi connectivity index (χ2n) is 6.88. The lowest BCUT2D eigenvalue weighted by molar-refractivity contribution is -0.135. The summed E-state index contributed by atoms with van der Waals surface area (Å²) in [4.78, 5) is 30.0. The topological polar surface area (TPSA) is 53.1 Å². The molecule has 1 saturated heterocycles. The molecule has 138 valence electrons. The van der Waals surface area contributed by atoms with Crippen LogP contribution in [0.5, 0.6) is 5.75 Å². The van der Waals surface area contributed by atoms with Gasteiger partial charge in [-0.2, -0.15) is 0 Å². The molecule has 1 fully saturated rings. The fraction of sp³-hybridized carbons (Fsp3) is 0.579. The van der Waals surface area contributed by atoms with E-state index in [4.69, 9.17) is 4.74 Å². The number of hydrogen-bond acceptors (Lipinski definition) is 4. The van der Waals surface area contributed by atoms with Crippen LogP contribution in [0, 0.1) is 5.92 Å². The van der Waals surface area contributed by atoms with E-state index in [0.29, 0.717) is 13.1 Å². The van der Waals surface area contributed by atoms with E-state index in [-0.39, 0.29) is 17.7 Å². The van der Waals surface area contributed by atoms with Gasteiger partial charge < -0.3 is 14.5 Å². The first-order valence-electron chi connectivity index (χ1n) is 8.71. The average Bonchev–Trinajstić information content (AvgIpc) is 2.61. The Morgan fingerprint density at radius 2 is 1.88 bits per heavy atom. The Bertz CT molecular complexity index is 595. The number of nitrogens with zero attached hydrogens (tertiary/aromatic N) is 3. The van der Waals surface area contributed by atoms with Gasteiger partial charge in [-0.05, 0) is 43.6 Å². The number of methoxy groups -OCH3 is 1. The average molecular weight is 347 g/mol. The summed E-state index contributed by atoms with van der Waals surface area (Å²) in [7, 11) is 7.06. The number of amides is 2. The van der Waals surface area contributed by atoms with Crippen LogP contribution in [-0.4, -0.2) is 74.4 Å². The number of likely N-dealkylation sites (N-methyl/N-ethyl adjacent to an activating group) is 1. The minimum atomic E-state index is 0.0934. The largest absolute Gasteiger partial charge is 0.497 e. The van der Waals surface area contributed by atoms with E-state index < -0.39 is 0 Å². The van der Waals surface area contributed by atoms with Gasteiger partial charge in [-0.25, -0.2) is 0 Å². The summed E-state index contributed by atoms with van der Waals surface area (Å²) in [5.74, 6) is 1.18. The molecule has 2 amide bonds. The lowest BCUT2D eigenvalue weighted by Crippen LogP contribution is -2.44. The Balaban J connectivity index is 1.80. The molecule has 1 aliphatic heterocycles. The summed E-state index contributed by atoms with van der Waals surface area (Å²) in [5.41, 5.74) is 1.05. The molecule has 1 aromatic carbocycles. The van der Waals surface area contributed by atoms with Gasteiger partial charge in [-0.3, -0.25) is 14.5 Å². The maximum atomic E-state index is 12.5. The van der Waals surface area contributed by atoms with Crippen molar-refractivity contribution in [3.63, 3.8) is 0 Å². The van der Waals surface area contributed by atoms with Crippen molar-refractivity contribution >= 4 is 11.8 Å². The molecule has 0 aliphatic carbocycles. The number of benzene rings is 1. The Morgan fingerprint density at radius 3 is 2.48 bits per heavy atom. The number of piperidine rings is 1. The fourth-order valence-electron chi connectivity index (χ4n) is 3.15. The van der Waals surface area contributed by atoms with E-state index in [1.54, 1.807) is 31.0 Å². The molecule has 2 rings (SSSR count). The van der Waals surface area contributed by atoms with E-state index in [0.717, 1.165) is 37.2 Å². The highest BCUT2D eigenvalue weighted by Gasteiger charge is 2.27. The van der Waals surface area contributed by atoms with Crippen LogP contribution in [0.3, 0.4) is 0 Å². The molecule has 0 spiro atoms. The van der Waals surface area contributed by atoms with Crippen molar-refractivity contribution < 1.29 is 14.3 Å². The molecular weight excluding hydrogens is 318 g/mol. The molecule has 0 radical (unpaired) electrons. The summed E-state index contributed by atoms with van der Waals surface area (Å²) in [6, 6.07) is 7.76. The van der Waals surface area contributed by atoms with Gasteiger partial charge in [0.2, 0.25) is 11.8 Å². The van der Waals surface area contributed by atoms with Crippen LogP contribution in [0.2, 0.25) is 0 Å². The normalized spacial score (nSPS) is 15.7. The van der Waals surface area contributed by atoms with Gasteiger partial charge in [0.05, 0.1) is 13.7 Å². The molecule has 1 heterocycles. The van der Waals surface area contributed by atoms with Crippen LogP contribution in [0.4, 0.5) is 0 Å². The zero-order valence-corrected chi connectivity index (χ0v) is 15.7. The molecule has 0 atom stereocenters. The van der Waals surface area contributed by atoms with Gasteiger partial charge >= 0.3 is 0 Å². The van der Waals surface area contributed by atoms with Gasteiger partial charge in [0.1, 0.15) is 5.75 Å². The summed E-state index contributed by atoms with van der Waals surface area (Å²) in [5, 5.41) is 0.